The number of fused-ring (bicyclic) bond motifs is 1. The van der Waals surface area contributed by atoms with Crippen LogP contribution in [0.25, 0.3) is 11.0 Å². The van der Waals surface area contributed by atoms with Gasteiger partial charge in [-0.15, -0.1) is 5.10 Å². The predicted octanol–water partition coefficient (Wildman–Crippen LogP) is 0.601. The molecule has 1 atom stereocenters. The topological polar surface area (TPSA) is 102 Å². The first kappa shape index (κ1) is 11.0. The van der Waals surface area contributed by atoms with Crippen molar-refractivity contribution in [2.24, 2.45) is 5.92 Å². The molecule has 0 saturated carbocycles. The average molecular weight is 248 g/mol. The van der Waals surface area contributed by atoms with Gasteiger partial charge in [-0.25, -0.2) is 4.79 Å². The van der Waals surface area contributed by atoms with E-state index in [0.29, 0.717) is 18.7 Å². The van der Waals surface area contributed by atoms with Gasteiger partial charge < -0.3 is 20.1 Å². The maximum absolute atomic E-state index is 10.7. The maximum Gasteiger partial charge on any atom is 0.407 e. The number of carboxylic acid groups (broad SMARTS) is 1. The molecular weight excluding hydrogens is 236 g/mol. The van der Waals surface area contributed by atoms with Gasteiger partial charge in [0.05, 0.1) is 12.3 Å². The number of H-pyrrole nitrogens is 1. The zero-order valence-electron chi connectivity index (χ0n) is 9.45. The minimum absolute atomic E-state index is 0.0618. The molecule has 3 N–H and O–H groups in total. The summed E-state index contributed by atoms with van der Waals surface area (Å²) in [6.07, 6.45) is 1.64. The number of rotatable bonds is 2. The molecule has 0 radical (unpaired) electrons. The molecule has 2 aromatic heterocycles. The van der Waals surface area contributed by atoms with Crippen LogP contribution in [0.15, 0.2) is 18.5 Å². The molecule has 0 bridgehead atoms. The number of aliphatic hydroxyl groups excluding tert-OH is 1. The van der Waals surface area contributed by atoms with Gasteiger partial charge in [0, 0.05) is 36.2 Å². The average Bonchev–Trinajstić information content (AvgIpc) is 2.69. The lowest BCUT2D eigenvalue weighted by Crippen LogP contribution is -2.51. The molecule has 0 aliphatic carbocycles. The van der Waals surface area contributed by atoms with Crippen LogP contribution in [0.2, 0.25) is 0 Å². The van der Waals surface area contributed by atoms with E-state index in [9.17, 15) is 9.90 Å². The molecule has 0 aromatic carbocycles. The quantitative estimate of drug-likeness (QED) is 0.722. The van der Waals surface area contributed by atoms with Crippen molar-refractivity contribution in [1.82, 2.24) is 20.1 Å². The molecule has 94 valence electrons. The molecule has 1 unspecified atom stereocenters. The second-order valence-electron chi connectivity index (χ2n) is 4.43. The van der Waals surface area contributed by atoms with Gasteiger partial charge in [-0.1, -0.05) is 0 Å². The first-order valence-corrected chi connectivity index (χ1v) is 5.61. The van der Waals surface area contributed by atoms with Gasteiger partial charge in [-0.05, 0) is 6.07 Å². The van der Waals surface area contributed by atoms with Gasteiger partial charge in [-0.3, -0.25) is 0 Å². The van der Waals surface area contributed by atoms with Crippen LogP contribution in [-0.4, -0.2) is 49.5 Å². The molecule has 1 aliphatic rings. The van der Waals surface area contributed by atoms with Gasteiger partial charge in [-0.2, -0.15) is 5.10 Å². The molecule has 0 spiro atoms. The molecule has 7 heteroatoms. The zero-order chi connectivity index (χ0) is 12.7. The minimum atomic E-state index is -0.941. The summed E-state index contributed by atoms with van der Waals surface area (Å²) in [6, 6.07) is 1.78. The number of nitrogens with one attached hydrogen (secondary N) is 1. The van der Waals surface area contributed by atoms with Crippen molar-refractivity contribution in [2.75, 3.05) is 13.1 Å². The highest BCUT2D eigenvalue weighted by molar-refractivity contribution is 5.79. The van der Waals surface area contributed by atoms with Gasteiger partial charge >= 0.3 is 6.09 Å². The monoisotopic (exact) mass is 248 g/mol. The number of hydrogen-bond acceptors (Lipinski definition) is 4. The van der Waals surface area contributed by atoms with E-state index in [1.54, 1.807) is 18.5 Å². The molecule has 1 saturated heterocycles. The SMILES string of the molecule is O=C(O)N1CC(C(O)c2c[nH]c3nnccc23)C1. The fourth-order valence-corrected chi connectivity index (χ4v) is 2.26. The lowest BCUT2D eigenvalue weighted by molar-refractivity contribution is 0.00349. The Morgan fingerprint density at radius 3 is 3.06 bits per heavy atom. The fourth-order valence-electron chi connectivity index (χ4n) is 2.26. The Bertz CT molecular complexity index is 591. The number of likely N-dealkylation sites (tertiary alicyclic amines) is 1. The Labute approximate surface area is 102 Å². The predicted molar refractivity (Wildman–Crippen MR) is 61.9 cm³/mol. The van der Waals surface area contributed by atoms with Crippen LogP contribution in [-0.2, 0) is 0 Å². The number of aromatic amines is 1. The smallest absolute Gasteiger partial charge is 0.407 e. The molecule has 3 rings (SSSR count). The highest BCUT2D eigenvalue weighted by Crippen LogP contribution is 2.33. The Morgan fingerprint density at radius 2 is 2.33 bits per heavy atom. The largest absolute Gasteiger partial charge is 0.465 e. The normalized spacial score (nSPS) is 17.7. The van der Waals surface area contributed by atoms with E-state index in [1.807, 2.05) is 0 Å². The summed E-state index contributed by atoms with van der Waals surface area (Å²) in [6.45, 7) is 0.726. The molecular formula is C11H12N4O3. The third-order valence-electron chi connectivity index (χ3n) is 3.34. The van der Waals surface area contributed by atoms with Crippen LogP contribution in [0.3, 0.4) is 0 Å². The number of nitrogens with zero attached hydrogens (tertiary/aromatic N) is 3. The highest BCUT2D eigenvalue weighted by Gasteiger charge is 2.36. The van der Waals surface area contributed by atoms with E-state index >= 15 is 0 Å². The van der Waals surface area contributed by atoms with Crippen LogP contribution in [0.4, 0.5) is 4.79 Å². The number of aromatic nitrogens is 3. The van der Waals surface area contributed by atoms with E-state index in [4.69, 9.17) is 5.11 Å². The van der Waals surface area contributed by atoms with Crippen molar-refractivity contribution in [1.29, 1.82) is 0 Å². The standard InChI is InChI=1S/C11H12N4O3/c16-9(6-4-15(5-6)11(17)18)8-3-12-10-7(8)1-2-13-14-10/h1-3,6,9,16H,4-5H2,(H,12,14)(H,17,18). The lowest BCUT2D eigenvalue weighted by Gasteiger charge is -2.39. The van der Waals surface area contributed by atoms with Crippen molar-refractivity contribution in [2.45, 2.75) is 6.10 Å². The minimum Gasteiger partial charge on any atom is -0.465 e. The summed E-state index contributed by atoms with van der Waals surface area (Å²) >= 11 is 0. The highest BCUT2D eigenvalue weighted by atomic mass is 16.4. The van der Waals surface area contributed by atoms with Gasteiger partial charge in [0.1, 0.15) is 0 Å². The molecule has 18 heavy (non-hydrogen) atoms. The number of hydrogen-bond donors (Lipinski definition) is 3. The molecule has 1 fully saturated rings. The van der Waals surface area contributed by atoms with E-state index in [-0.39, 0.29) is 5.92 Å². The second-order valence-corrected chi connectivity index (χ2v) is 4.43. The summed E-state index contributed by atoms with van der Waals surface area (Å²) in [7, 11) is 0. The molecule has 1 amide bonds. The Hall–Kier alpha value is -2.15. The second kappa shape index (κ2) is 3.95. The molecule has 7 nitrogen and oxygen atoms in total. The van der Waals surface area contributed by atoms with Crippen LogP contribution in [0.1, 0.15) is 11.7 Å². The number of aliphatic hydroxyl groups is 1. The Balaban J connectivity index is 1.81. The lowest BCUT2D eigenvalue weighted by atomic mass is 9.89. The summed E-state index contributed by atoms with van der Waals surface area (Å²) in [5, 5.41) is 27.5. The van der Waals surface area contributed by atoms with E-state index in [1.165, 1.54) is 4.90 Å². The summed E-state index contributed by atoms with van der Waals surface area (Å²) in [5.41, 5.74) is 1.37. The third kappa shape index (κ3) is 1.60. The first-order valence-electron chi connectivity index (χ1n) is 5.61. The number of carbonyl (C=O) groups is 1. The summed E-state index contributed by atoms with van der Waals surface area (Å²) in [4.78, 5) is 14.9. The van der Waals surface area contributed by atoms with Crippen molar-refractivity contribution >= 4 is 17.1 Å². The van der Waals surface area contributed by atoms with Crippen LogP contribution in [0.5, 0.6) is 0 Å². The fraction of sp³-hybridized carbons (Fsp3) is 0.364. The Kier molecular flexibility index (Phi) is 2.41. The Morgan fingerprint density at radius 1 is 1.56 bits per heavy atom. The van der Waals surface area contributed by atoms with Crippen molar-refractivity contribution in [3.8, 4) is 0 Å². The first-order chi connectivity index (χ1) is 8.66. The van der Waals surface area contributed by atoms with Crippen molar-refractivity contribution in [3.63, 3.8) is 0 Å². The molecule has 2 aromatic rings. The van der Waals surface area contributed by atoms with E-state index in [0.717, 1.165) is 10.9 Å². The van der Waals surface area contributed by atoms with Gasteiger partial charge in [0.15, 0.2) is 5.65 Å². The summed E-state index contributed by atoms with van der Waals surface area (Å²) in [5.74, 6) is -0.0618. The van der Waals surface area contributed by atoms with Crippen LogP contribution >= 0.6 is 0 Å². The van der Waals surface area contributed by atoms with E-state index < -0.39 is 12.2 Å². The zero-order valence-corrected chi connectivity index (χ0v) is 9.45. The van der Waals surface area contributed by atoms with Gasteiger partial charge in [0.2, 0.25) is 0 Å². The number of amides is 1. The van der Waals surface area contributed by atoms with Gasteiger partial charge in [0.25, 0.3) is 0 Å². The third-order valence-corrected chi connectivity index (χ3v) is 3.34. The summed E-state index contributed by atoms with van der Waals surface area (Å²) < 4.78 is 0. The molecule has 3 heterocycles. The van der Waals surface area contributed by atoms with Crippen molar-refractivity contribution < 1.29 is 15.0 Å². The van der Waals surface area contributed by atoms with E-state index in [2.05, 4.69) is 15.2 Å². The van der Waals surface area contributed by atoms with Crippen molar-refractivity contribution in [3.05, 3.63) is 24.0 Å². The van der Waals surface area contributed by atoms with Crippen LogP contribution in [0, 0.1) is 5.92 Å². The van der Waals surface area contributed by atoms with Crippen LogP contribution < -0.4 is 0 Å². The molecule has 1 aliphatic heterocycles. The maximum atomic E-state index is 10.7.